The number of β-lactam (4-membered cyclic amide) rings is 1. The second-order valence-corrected chi connectivity index (χ2v) is 11.9. The van der Waals surface area contributed by atoms with E-state index in [0.717, 1.165) is 22.9 Å². The Kier molecular flexibility index (Phi) is 8.31. The molecule has 0 aromatic heterocycles. The van der Waals surface area contributed by atoms with Gasteiger partial charge in [-0.25, -0.2) is 4.79 Å². The van der Waals surface area contributed by atoms with Crippen molar-refractivity contribution in [3.05, 3.63) is 114 Å². The highest BCUT2D eigenvalue weighted by Crippen LogP contribution is 2.42. The fourth-order valence-corrected chi connectivity index (χ4v) is 6.29. The number of ether oxygens (including phenoxy) is 2. The van der Waals surface area contributed by atoms with E-state index in [4.69, 9.17) is 13.7 Å². The molecule has 3 aromatic carbocycles. The number of nitrogens with one attached hydrogen (secondary N) is 1. The number of hydrogen-bond acceptors (Lipinski definition) is 9. The fourth-order valence-electron chi connectivity index (χ4n) is 4.46. The van der Waals surface area contributed by atoms with Crippen molar-refractivity contribution in [2.24, 2.45) is 0 Å². The summed E-state index contributed by atoms with van der Waals surface area (Å²) in [4.78, 5) is 40.6. The van der Waals surface area contributed by atoms with Gasteiger partial charge in [-0.15, -0.1) is 11.8 Å². The van der Waals surface area contributed by atoms with Gasteiger partial charge in [0.25, 0.3) is 11.8 Å². The third-order valence-corrected chi connectivity index (χ3v) is 8.00. The van der Waals surface area contributed by atoms with Crippen LogP contribution in [0.15, 0.2) is 102 Å². The van der Waals surface area contributed by atoms with E-state index in [2.05, 4.69) is 5.32 Å². The van der Waals surface area contributed by atoms with Crippen molar-refractivity contribution in [1.29, 1.82) is 0 Å². The maximum absolute atomic E-state index is 13.7. The van der Waals surface area contributed by atoms with Crippen molar-refractivity contribution in [2.45, 2.75) is 17.5 Å². The summed E-state index contributed by atoms with van der Waals surface area (Å²) < 4.78 is 40.6. The van der Waals surface area contributed by atoms with E-state index in [9.17, 15) is 22.8 Å². The van der Waals surface area contributed by atoms with E-state index in [1.165, 1.54) is 0 Å². The molecule has 2 aliphatic heterocycles. The second kappa shape index (κ2) is 12.1. The molecule has 2 heterocycles. The molecule has 0 bridgehead atoms. The molecule has 0 aliphatic carbocycles. The summed E-state index contributed by atoms with van der Waals surface area (Å²) >= 11 is 1.16. The van der Waals surface area contributed by atoms with E-state index >= 15 is 0 Å². The number of benzene rings is 3. The summed E-state index contributed by atoms with van der Waals surface area (Å²) in [6.07, 6.45) is 0.0105. The van der Waals surface area contributed by atoms with Gasteiger partial charge in [-0.1, -0.05) is 78.9 Å². The largest absolute Gasteiger partial charge is 0.484 e. The van der Waals surface area contributed by atoms with Crippen LogP contribution in [0.3, 0.4) is 0 Å². The monoisotopic (exact) mass is 594 g/mol. The highest BCUT2D eigenvalue weighted by atomic mass is 32.2. The molecule has 2 atom stereocenters. The van der Waals surface area contributed by atoms with Crippen LogP contribution in [0.1, 0.15) is 17.2 Å². The summed E-state index contributed by atoms with van der Waals surface area (Å²) in [5, 5.41) is 1.96. The zero-order valence-corrected chi connectivity index (χ0v) is 23.5. The number of para-hydroxylation sites is 1. The van der Waals surface area contributed by atoms with Crippen LogP contribution in [0.5, 0.6) is 5.75 Å². The van der Waals surface area contributed by atoms with E-state index < -0.39 is 45.4 Å². The number of carbonyl (C=O) groups excluding carboxylic acids is 3. The summed E-state index contributed by atoms with van der Waals surface area (Å²) in [6.45, 7) is -0.311. The van der Waals surface area contributed by atoms with Gasteiger partial charge in [0.2, 0.25) is 0 Å². The molecule has 41 heavy (non-hydrogen) atoms. The van der Waals surface area contributed by atoms with Crippen LogP contribution in [-0.2, 0) is 33.4 Å². The zero-order valence-electron chi connectivity index (χ0n) is 21.8. The van der Waals surface area contributed by atoms with Crippen molar-refractivity contribution < 1.29 is 36.5 Å². The molecule has 0 saturated carbocycles. The SMILES string of the molecule is CS(=O)(=O)OC1=C(C(=O)OC(c2ccccc2)c2ccccc2)N2C(=O)[C@@H](NC(=O)COc3ccccc3)[C@H]2SC1. The summed E-state index contributed by atoms with van der Waals surface area (Å²) in [5.41, 5.74) is 1.05. The molecule has 0 radical (unpaired) electrons. The Morgan fingerprint density at radius 3 is 2.07 bits per heavy atom. The molecular weight excluding hydrogens is 568 g/mol. The van der Waals surface area contributed by atoms with Crippen molar-refractivity contribution in [2.75, 3.05) is 18.6 Å². The van der Waals surface area contributed by atoms with Crippen LogP contribution in [0.4, 0.5) is 0 Å². The number of carbonyl (C=O) groups is 3. The van der Waals surface area contributed by atoms with Crippen LogP contribution >= 0.6 is 11.8 Å². The van der Waals surface area contributed by atoms with Gasteiger partial charge >= 0.3 is 16.1 Å². The lowest BCUT2D eigenvalue weighted by Gasteiger charge is -2.49. The van der Waals surface area contributed by atoms with Gasteiger partial charge in [-0.2, -0.15) is 8.42 Å². The highest BCUT2D eigenvalue weighted by Gasteiger charge is 2.55. The molecule has 1 N–H and O–H groups in total. The molecule has 10 nitrogen and oxygen atoms in total. The van der Waals surface area contributed by atoms with Crippen LogP contribution in [0, 0.1) is 0 Å². The predicted octanol–water partition coefficient (Wildman–Crippen LogP) is 2.99. The van der Waals surface area contributed by atoms with Crippen molar-refractivity contribution in [3.8, 4) is 5.75 Å². The van der Waals surface area contributed by atoms with Gasteiger partial charge < -0.3 is 19.0 Å². The minimum absolute atomic E-state index is 0.0415. The lowest BCUT2D eigenvalue weighted by molar-refractivity contribution is -0.155. The van der Waals surface area contributed by atoms with E-state index in [1.54, 1.807) is 72.8 Å². The first-order valence-corrected chi connectivity index (χ1v) is 15.4. The normalized spacial score (nSPS) is 18.3. The number of amides is 2. The lowest BCUT2D eigenvalue weighted by atomic mass is 10.0. The molecule has 212 valence electrons. The van der Waals surface area contributed by atoms with Crippen LogP contribution in [0.2, 0.25) is 0 Å². The number of esters is 1. The molecule has 0 unspecified atom stereocenters. The molecule has 2 aliphatic rings. The van der Waals surface area contributed by atoms with Crippen molar-refractivity contribution in [3.63, 3.8) is 0 Å². The van der Waals surface area contributed by atoms with Gasteiger partial charge in [0.1, 0.15) is 17.2 Å². The van der Waals surface area contributed by atoms with Crippen LogP contribution < -0.4 is 10.1 Å². The molecular formula is C29H26N2O8S2. The number of rotatable bonds is 10. The first-order chi connectivity index (χ1) is 19.7. The Balaban J connectivity index is 1.37. The zero-order chi connectivity index (χ0) is 29.0. The Morgan fingerprint density at radius 1 is 0.951 bits per heavy atom. The smallest absolute Gasteiger partial charge is 0.359 e. The minimum Gasteiger partial charge on any atom is -0.484 e. The Bertz CT molecular complexity index is 1520. The van der Waals surface area contributed by atoms with Crippen molar-refractivity contribution in [1.82, 2.24) is 10.2 Å². The third-order valence-electron chi connectivity index (χ3n) is 6.24. The average Bonchev–Trinajstić information content (AvgIpc) is 2.98. The Hall–Kier alpha value is -4.29. The van der Waals surface area contributed by atoms with Gasteiger partial charge in [0.15, 0.2) is 24.2 Å². The predicted molar refractivity (Wildman–Crippen MR) is 151 cm³/mol. The molecule has 5 rings (SSSR count). The lowest BCUT2D eigenvalue weighted by Crippen LogP contribution is -2.71. The van der Waals surface area contributed by atoms with Crippen molar-refractivity contribution >= 4 is 39.7 Å². The second-order valence-electron chi connectivity index (χ2n) is 9.22. The molecule has 0 spiro atoms. The van der Waals surface area contributed by atoms with Gasteiger partial charge in [-0.05, 0) is 23.3 Å². The van der Waals surface area contributed by atoms with Crippen LogP contribution in [-0.4, -0.2) is 61.1 Å². The Morgan fingerprint density at radius 2 is 1.51 bits per heavy atom. The molecule has 2 amide bonds. The van der Waals surface area contributed by atoms with E-state index in [0.29, 0.717) is 16.9 Å². The topological polar surface area (TPSA) is 128 Å². The standard InChI is InChI=1S/C29H26N2O8S2/c1-41(35,36)39-22-18-40-28-24(30-23(32)17-37-21-15-9-4-10-16-21)27(33)31(28)25(22)29(34)38-26(19-11-5-2-6-12-19)20-13-7-3-8-14-20/h2-16,24,26,28H,17-18H2,1H3,(H,30,32)/t24-,28-/m1/s1. The van der Waals surface area contributed by atoms with Gasteiger partial charge in [0, 0.05) is 0 Å². The highest BCUT2D eigenvalue weighted by molar-refractivity contribution is 8.00. The minimum atomic E-state index is -4.03. The number of hydrogen-bond donors (Lipinski definition) is 1. The number of nitrogens with zero attached hydrogens (tertiary/aromatic N) is 1. The maximum Gasteiger partial charge on any atom is 0.359 e. The molecule has 12 heteroatoms. The maximum atomic E-state index is 13.7. The summed E-state index contributed by atoms with van der Waals surface area (Å²) in [6, 6.07) is 25.8. The molecule has 3 aromatic rings. The van der Waals surface area contributed by atoms with Crippen LogP contribution in [0.25, 0.3) is 0 Å². The average molecular weight is 595 g/mol. The van der Waals surface area contributed by atoms with Gasteiger partial charge in [-0.3, -0.25) is 14.5 Å². The fraction of sp³-hybridized carbons (Fsp3) is 0.207. The summed E-state index contributed by atoms with van der Waals surface area (Å²) in [5.74, 6) is -1.82. The van der Waals surface area contributed by atoms with E-state index in [-0.39, 0.29) is 23.8 Å². The third kappa shape index (κ3) is 6.55. The first-order valence-electron chi connectivity index (χ1n) is 12.6. The first kappa shape index (κ1) is 28.2. The molecule has 1 fully saturated rings. The van der Waals surface area contributed by atoms with Gasteiger partial charge in [0.05, 0.1) is 12.0 Å². The Labute approximate surface area is 241 Å². The quantitative estimate of drug-likeness (QED) is 0.214. The number of thioether (sulfide) groups is 1. The number of fused-ring (bicyclic) bond motifs is 1. The molecule has 1 saturated heterocycles. The summed E-state index contributed by atoms with van der Waals surface area (Å²) in [7, 11) is -4.03. The van der Waals surface area contributed by atoms with E-state index in [1.807, 2.05) is 18.2 Å².